The minimum Gasteiger partial charge on any atom is -0.395 e. The zero-order chi connectivity index (χ0) is 15.7. The molecule has 1 aliphatic rings. The molecule has 5 heteroatoms. The largest absolute Gasteiger partial charge is 0.416 e. The van der Waals surface area contributed by atoms with Crippen LogP contribution in [0.4, 0.5) is 13.2 Å². The quantitative estimate of drug-likeness (QED) is 0.891. The Hall–Kier alpha value is -1.85. The molecule has 0 bridgehead atoms. The van der Waals surface area contributed by atoms with E-state index in [4.69, 9.17) is 0 Å². The maximum absolute atomic E-state index is 12.6. The average molecular weight is 307 g/mol. The van der Waals surface area contributed by atoms with Gasteiger partial charge >= 0.3 is 6.18 Å². The molecular weight excluding hydrogens is 291 g/mol. The molecule has 1 heterocycles. The minimum absolute atomic E-state index is 0.0735. The monoisotopic (exact) mass is 307 g/mol. The van der Waals surface area contributed by atoms with Crippen LogP contribution in [0.2, 0.25) is 0 Å². The number of rotatable bonds is 2. The van der Waals surface area contributed by atoms with E-state index in [-0.39, 0.29) is 12.6 Å². The van der Waals surface area contributed by atoms with E-state index in [0.717, 1.165) is 35.2 Å². The van der Waals surface area contributed by atoms with Crippen molar-refractivity contribution in [1.82, 2.24) is 5.32 Å². The molecule has 0 saturated carbocycles. The lowest BCUT2D eigenvalue weighted by molar-refractivity contribution is -0.137. The molecule has 0 aromatic heterocycles. The van der Waals surface area contributed by atoms with Gasteiger partial charge in [0, 0.05) is 12.6 Å². The van der Waals surface area contributed by atoms with Crippen molar-refractivity contribution in [2.24, 2.45) is 0 Å². The van der Waals surface area contributed by atoms with Crippen LogP contribution < -0.4 is 5.32 Å². The van der Waals surface area contributed by atoms with E-state index in [2.05, 4.69) is 5.32 Å². The SMILES string of the molecule is OCC1Cc2ccc(-c3ccc(C(F)(F)F)cc3)cc2CN1. The average Bonchev–Trinajstić information content (AvgIpc) is 2.53. The molecule has 2 aromatic carbocycles. The van der Waals surface area contributed by atoms with E-state index >= 15 is 0 Å². The molecule has 0 radical (unpaired) electrons. The third-order valence-electron chi connectivity index (χ3n) is 4.02. The summed E-state index contributed by atoms with van der Waals surface area (Å²) in [6.45, 7) is 0.759. The lowest BCUT2D eigenvalue weighted by atomic mass is 9.92. The van der Waals surface area contributed by atoms with Crippen LogP contribution in [0.1, 0.15) is 16.7 Å². The summed E-state index contributed by atoms with van der Waals surface area (Å²) < 4.78 is 37.8. The first kappa shape index (κ1) is 15.1. The molecule has 1 atom stereocenters. The molecule has 0 amide bonds. The van der Waals surface area contributed by atoms with Crippen molar-refractivity contribution in [2.75, 3.05) is 6.61 Å². The second-order valence-electron chi connectivity index (χ2n) is 5.52. The van der Waals surface area contributed by atoms with Crippen molar-refractivity contribution in [3.05, 3.63) is 59.2 Å². The lowest BCUT2D eigenvalue weighted by Crippen LogP contribution is -2.38. The minimum atomic E-state index is -4.31. The van der Waals surface area contributed by atoms with Gasteiger partial charge in [0.25, 0.3) is 0 Å². The van der Waals surface area contributed by atoms with Gasteiger partial charge in [0.05, 0.1) is 12.2 Å². The molecule has 0 fully saturated rings. The number of aliphatic hydroxyl groups excluding tert-OH is 1. The van der Waals surface area contributed by atoms with Gasteiger partial charge in [0.1, 0.15) is 0 Å². The van der Waals surface area contributed by atoms with E-state index in [0.29, 0.717) is 6.54 Å². The second-order valence-corrected chi connectivity index (χ2v) is 5.52. The number of alkyl halides is 3. The number of hydrogen-bond acceptors (Lipinski definition) is 2. The highest BCUT2D eigenvalue weighted by Crippen LogP contribution is 2.31. The summed E-state index contributed by atoms with van der Waals surface area (Å²) >= 11 is 0. The first-order valence-electron chi connectivity index (χ1n) is 7.11. The second kappa shape index (κ2) is 5.74. The van der Waals surface area contributed by atoms with Crippen LogP contribution in [0.3, 0.4) is 0 Å². The molecule has 0 aliphatic carbocycles. The molecule has 1 unspecified atom stereocenters. The summed E-state index contributed by atoms with van der Waals surface area (Å²) in [5.41, 5.74) is 3.33. The summed E-state index contributed by atoms with van der Waals surface area (Å²) in [7, 11) is 0. The van der Waals surface area contributed by atoms with Gasteiger partial charge in [-0.2, -0.15) is 13.2 Å². The Bertz CT molecular complexity index is 665. The number of hydrogen-bond donors (Lipinski definition) is 2. The molecule has 0 spiro atoms. The van der Waals surface area contributed by atoms with Gasteiger partial charge in [-0.15, -0.1) is 0 Å². The molecule has 3 rings (SSSR count). The Labute approximate surface area is 126 Å². The highest BCUT2D eigenvalue weighted by Gasteiger charge is 2.30. The maximum atomic E-state index is 12.6. The molecule has 22 heavy (non-hydrogen) atoms. The van der Waals surface area contributed by atoms with Crippen molar-refractivity contribution in [3.63, 3.8) is 0 Å². The highest BCUT2D eigenvalue weighted by atomic mass is 19.4. The molecule has 116 valence electrons. The Kier molecular flexibility index (Phi) is 3.93. The van der Waals surface area contributed by atoms with Crippen LogP contribution in [-0.2, 0) is 19.1 Å². The number of aliphatic hydroxyl groups is 1. The van der Waals surface area contributed by atoms with Crippen LogP contribution in [-0.4, -0.2) is 17.8 Å². The van der Waals surface area contributed by atoms with Gasteiger partial charge in [-0.05, 0) is 46.9 Å². The van der Waals surface area contributed by atoms with Gasteiger partial charge in [0.2, 0.25) is 0 Å². The first-order chi connectivity index (χ1) is 10.5. The molecular formula is C17H16F3NO. The summed E-state index contributed by atoms with van der Waals surface area (Å²) in [6, 6.07) is 11.2. The van der Waals surface area contributed by atoms with Gasteiger partial charge < -0.3 is 10.4 Å². The van der Waals surface area contributed by atoms with Gasteiger partial charge in [-0.1, -0.05) is 24.3 Å². The van der Waals surface area contributed by atoms with Crippen LogP contribution in [0, 0.1) is 0 Å². The summed E-state index contributed by atoms with van der Waals surface area (Å²) in [6.07, 6.45) is -3.54. The molecule has 2 N–H and O–H groups in total. The van der Waals surface area contributed by atoms with Gasteiger partial charge in [-0.25, -0.2) is 0 Å². The zero-order valence-electron chi connectivity index (χ0n) is 11.8. The number of fused-ring (bicyclic) bond motifs is 1. The van der Waals surface area contributed by atoms with Crippen LogP contribution >= 0.6 is 0 Å². The Morgan fingerprint density at radius 2 is 1.68 bits per heavy atom. The maximum Gasteiger partial charge on any atom is 0.416 e. The predicted molar refractivity (Wildman–Crippen MR) is 78.3 cm³/mol. The molecule has 2 nitrogen and oxygen atoms in total. The molecule has 0 saturated heterocycles. The normalized spacial score (nSPS) is 18.1. The summed E-state index contributed by atoms with van der Waals surface area (Å²) in [5.74, 6) is 0. The molecule has 1 aliphatic heterocycles. The standard InChI is InChI=1S/C17H16F3NO/c18-17(19,20)15-5-3-11(4-6-15)12-1-2-13-8-16(10-22)21-9-14(13)7-12/h1-7,16,21-22H,8-10H2. The van der Waals surface area contributed by atoms with Crippen molar-refractivity contribution in [1.29, 1.82) is 0 Å². The van der Waals surface area contributed by atoms with Crippen LogP contribution in [0.25, 0.3) is 11.1 Å². The van der Waals surface area contributed by atoms with Gasteiger partial charge in [0.15, 0.2) is 0 Å². The Morgan fingerprint density at radius 1 is 1.00 bits per heavy atom. The van der Waals surface area contributed by atoms with Crippen molar-refractivity contribution in [3.8, 4) is 11.1 Å². The fourth-order valence-electron chi connectivity index (χ4n) is 2.74. The summed E-state index contributed by atoms with van der Waals surface area (Å²) in [4.78, 5) is 0. The topological polar surface area (TPSA) is 32.3 Å². The summed E-state index contributed by atoms with van der Waals surface area (Å²) in [5, 5.41) is 12.4. The van der Waals surface area contributed by atoms with E-state index in [1.54, 1.807) is 0 Å². The number of benzene rings is 2. The Balaban J connectivity index is 1.87. The lowest BCUT2D eigenvalue weighted by Gasteiger charge is -2.25. The molecule has 2 aromatic rings. The first-order valence-corrected chi connectivity index (χ1v) is 7.11. The van der Waals surface area contributed by atoms with Crippen LogP contribution in [0.15, 0.2) is 42.5 Å². The Morgan fingerprint density at radius 3 is 2.32 bits per heavy atom. The fourth-order valence-corrected chi connectivity index (χ4v) is 2.74. The van der Waals surface area contributed by atoms with E-state index < -0.39 is 11.7 Å². The van der Waals surface area contributed by atoms with Crippen molar-refractivity contribution >= 4 is 0 Å². The third kappa shape index (κ3) is 3.00. The van der Waals surface area contributed by atoms with E-state index in [9.17, 15) is 18.3 Å². The van der Waals surface area contributed by atoms with E-state index in [1.165, 1.54) is 17.7 Å². The van der Waals surface area contributed by atoms with E-state index in [1.807, 2.05) is 18.2 Å². The smallest absolute Gasteiger partial charge is 0.395 e. The zero-order valence-corrected chi connectivity index (χ0v) is 11.8. The fraction of sp³-hybridized carbons (Fsp3) is 0.294. The van der Waals surface area contributed by atoms with Gasteiger partial charge in [-0.3, -0.25) is 0 Å². The third-order valence-corrected chi connectivity index (χ3v) is 4.02. The van der Waals surface area contributed by atoms with Crippen molar-refractivity contribution < 1.29 is 18.3 Å². The number of nitrogens with one attached hydrogen (secondary N) is 1. The number of halogens is 3. The van der Waals surface area contributed by atoms with Crippen molar-refractivity contribution in [2.45, 2.75) is 25.2 Å². The predicted octanol–water partition coefficient (Wildman–Crippen LogP) is 3.38. The van der Waals surface area contributed by atoms with Crippen LogP contribution in [0.5, 0.6) is 0 Å². The highest BCUT2D eigenvalue weighted by molar-refractivity contribution is 5.65.